The van der Waals surface area contributed by atoms with Gasteiger partial charge in [0, 0.05) is 12.8 Å². The van der Waals surface area contributed by atoms with Gasteiger partial charge in [-0.3, -0.25) is 14.5 Å². The summed E-state index contributed by atoms with van der Waals surface area (Å²) in [5.41, 5.74) is 0. The molecule has 2 amide bonds. The van der Waals surface area contributed by atoms with Gasteiger partial charge in [-0.05, 0) is 18.8 Å². The Morgan fingerprint density at radius 2 is 1.33 bits per heavy atom. The smallest absolute Gasteiger partial charge is 0.230 e. The Morgan fingerprint density at radius 1 is 0.815 bits per heavy atom. The summed E-state index contributed by atoms with van der Waals surface area (Å²) in [7, 11) is 0. The van der Waals surface area contributed by atoms with Crippen molar-refractivity contribution in [3.63, 3.8) is 0 Å². The Labute approximate surface area is 168 Å². The lowest BCUT2D eigenvalue weighted by Crippen LogP contribution is -2.42. The van der Waals surface area contributed by atoms with Crippen molar-refractivity contribution in [2.75, 3.05) is 0 Å². The van der Waals surface area contributed by atoms with Gasteiger partial charge >= 0.3 is 0 Å². The van der Waals surface area contributed by atoms with E-state index in [1.165, 1.54) is 64.2 Å². The van der Waals surface area contributed by atoms with E-state index in [1.54, 1.807) is 4.90 Å². The molecular weight excluding hydrogens is 334 g/mol. The fourth-order valence-electron chi connectivity index (χ4n) is 3.96. The molecule has 1 rings (SSSR count). The molecule has 0 aliphatic carbocycles. The Kier molecular flexibility index (Phi) is 13.2. The third-order valence-electron chi connectivity index (χ3n) is 5.79. The molecule has 1 aliphatic rings. The van der Waals surface area contributed by atoms with Crippen LogP contribution in [0.1, 0.15) is 117 Å². The summed E-state index contributed by atoms with van der Waals surface area (Å²) in [6.45, 7) is 6.65. The van der Waals surface area contributed by atoms with E-state index in [4.69, 9.17) is 0 Å². The molecule has 3 nitrogen and oxygen atoms in total. The summed E-state index contributed by atoms with van der Waals surface area (Å²) >= 11 is 0. The van der Waals surface area contributed by atoms with Crippen LogP contribution < -0.4 is 0 Å². The molecule has 0 aromatic heterocycles. The Morgan fingerprint density at radius 3 is 1.89 bits per heavy atom. The SMILES string of the molecule is CCCC/C=C/C(C(C)CCCCCCCCCCC)N1C(=O)CCC1=O. The van der Waals surface area contributed by atoms with Crippen LogP contribution in [0.4, 0.5) is 0 Å². The number of carbonyl (C=O) groups excluding carboxylic acids is 2. The van der Waals surface area contributed by atoms with Gasteiger partial charge in [-0.1, -0.05) is 104 Å². The second-order valence-corrected chi connectivity index (χ2v) is 8.31. The first-order chi connectivity index (χ1) is 13.1. The first kappa shape index (κ1) is 23.9. The number of amides is 2. The monoisotopic (exact) mass is 377 g/mol. The minimum Gasteiger partial charge on any atom is -0.275 e. The largest absolute Gasteiger partial charge is 0.275 e. The van der Waals surface area contributed by atoms with Gasteiger partial charge < -0.3 is 0 Å². The third kappa shape index (κ3) is 9.58. The number of unbranched alkanes of at least 4 members (excludes halogenated alkanes) is 10. The van der Waals surface area contributed by atoms with E-state index in [9.17, 15) is 9.59 Å². The molecule has 3 heteroatoms. The van der Waals surface area contributed by atoms with Crippen LogP contribution in [-0.2, 0) is 9.59 Å². The maximum atomic E-state index is 12.2. The molecule has 0 spiro atoms. The number of allylic oxidation sites excluding steroid dienone is 1. The molecule has 27 heavy (non-hydrogen) atoms. The van der Waals surface area contributed by atoms with Crippen LogP contribution in [-0.4, -0.2) is 22.8 Å². The van der Waals surface area contributed by atoms with E-state index in [2.05, 4.69) is 32.9 Å². The summed E-state index contributed by atoms with van der Waals surface area (Å²) in [5, 5.41) is 0. The van der Waals surface area contributed by atoms with Crippen molar-refractivity contribution in [2.24, 2.45) is 5.92 Å². The quantitative estimate of drug-likeness (QED) is 0.168. The van der Waals surface area contributed by atoms with Gasteiger partial charge in [-0.2, -0.15) is 0 Å². The van der Waals surface area contributed by atoms with E-state index in [-0.39, 0.29) is 17.9 Å². The minimum atomic E-state index is -0.0431. The van der Waals surface area contributed by atoms with Crippen molar-refractivity contribution >= 4 is 11.8 Å². The highest BCUT2D eigenvalue weighted by Crippen LogP contribution is 2.25. The van der Waals surface area contributed by atoms with Crippen molar-refractivity contribution in [1.29, 1.82) is 0 Å². The van der Waals surface area contributed by atoms with Crippen LogP contribution in [0.15, 0.2) is 12.2 Å². The molecular formula is C24H43NO2. The number of nitrogens with zero attached hydrogens (tertiary/aromatic N) is 1. The van der Waals surface area contributed by atoms with E-state index in [0.717, 1.165) is 19.3 Å². The zero-order valence-electron chi connectivity index (χ0n) is 18.2. The summed E-state index contributed by atoms with van der Waals surface area (Å²) in [6, 6.07) is -0.0431. The molecule has 1 aliphatic heterocycles. The topological polar surface area (TPSA) is 37.4 Å². The average molecular weight is 378 g/mol. The number of carbonyl (C=O) groups is 2. The van der Waals surface area contributed by atoms with E-state index in [0.29, 0.717) is 18.8 Å². The molecule has 0 saturated carbocycles. The van der Waals surface area contributed by atoms with Crippen molar-refractivity contribution in [3.05, 3.63) is 12.2 Å². The van der Waals surface area contributed by atoms with Gasteiger partial charge in [0.1, 0.15) is 0 Å². The Balaban J connectivity index is 2.37. The number of likely N-dealkylation sites (tertiary alicyclic amines) is 1. The van der Waals surface area contributed by atoms with Crippen molar-refractivity contribution in [1.82, 2.24) is 4.90 Å². The highest BCUT2D eigenvalue weighted by molar-refractivity contribution is 6.02. The number of rotatable bonds is 16. The number of hydrogen-bond donors (Lipinski definition) is 0. The third-order valence-corrected chi connectivity index (χ3v) is 5.79. The molecule has 1 fully saturated rings. The highest BCUT2D eigenvalue weighted by Gasteiger charge is 2.35. The highest BCUT2D eigenvalue weighted by atomic mass is 16.2. The Bertz CT molecular complexity index is 428. The molecule has 0 N–H and O–H groups in total. The van der Waals surface area contributed by atoms with Gasteiger partial charge in [0.15, 0.2) is 0 Å². The van der Waals surface area contributed by atoms with Crippen LogP contribution >= 0.6 is 0 Å². The van der Waals surface area contributed by atoms with Crippen LogP contribution in [0.5, 0.6) is 0 Å². The molecule has 1 saturated heterocycles. The number of imide groups is 1. The lowest BCUT2D eigenvalue weighted by molar-refractivity contribution is -0.141. The maximum Gasteiger partial charge on any atom is 0.230 e. The standard InChI is InChI=1S/C24H43NO2/c1-4-6-8-10-11-12-13-14-15-17-21(3)22(18-16-9-7-5-2)25-23(26)19-20-24(25)27/h16,18,21-22H,4-15,17,19-20H2,1-3H3/b18-16+. The molecule has 0 aromatic rings. The fourth-order valence-corrected chi connectivity index (χ4v) is 3.96. The lowest BCUT2D eigenvalue weighted by atomic mass is 9.93. The van der Waals surface area contributed by atoms with E-state index in [1.807, 2.05) is 0 Å². The molecule has 1 heterocycles. The van der Waals surface area contributed by atoms with Crippen molar-refractivity contribution in [2.45, 2.75) is 123 Å². The normalized spacial score (nSPS) is 17.2. The van der Waals surface area contributed by atoms with Crippen LogP contribution in [0.3, 0.4) is 0 Å². The predicted molar refractivity (Wildman–Crippen MR) is 115 cm³/mol. The van der Waals surface area contributed by atoms with Crippen molar-refractivity contribution in [3.8, 4) is 0 Å². The maximum absolute atomic E-state index is 12.2. The van der Waals surface area contributed by atoms with E-state index >= 15 is 0 Å². The summed E-state index contributed by atoms with van der Waals surface area (Å²) < 4.78 is 0. The van der Waals surface area contributed by atoms with Gasteiger partial charge in [0.25, 0.3) is 0 Å². The number of hydrogen-bond acceptors (Lipinski definition) is 2. The van der Waals surface area contributed by atoms with Gasteiger partial charge in [-0.15, -0.1) is 0 Å². The minimum absolute atomic E-state index is 0.0177. The second kappa shape index (κ2) is 14.9. The lowest BCUT2D eigenvalue weighted by Gasteiger charge is -2.29. The van der Waals surface area contributed by atoms with Crippen LogP contribution in [0.25, 0.3) is 0 Å². The average Bonchev–Trinajstić information content (AvgIpc) is 2.99. The molecule has 0 bridgehead atoms. The van der Waals surface area contributed by atoms with Crippen molar-refractivity contribution < 1.29 is 9.59 Å². The molecule has 0 aromatic carbocycles. The van der Waals surface area contributed by atoms with Gasteiger partial charge in [0.2, 0.25) is 11.8 Å². The zero-order chi connectivity index (χ0) is 19.9. The molecule has 0 radical (unpaired) electrons. The first-order valence-corrected chi connectivity index (χ1v) is 11.6. The summed E-state index contributed by atoms with van der Waals surface area (Å²) in [6.07, 6.45) is 21.5. The zero-order valence-corrected chi connectivity index (χ0v) is 18.2. The van der Waals surface area contributed by atoms with Gasteiger partial charge in [0.05, 0.1) is 6.04 Å². The molecule has 2 atom stereocenters. The molecule has 156 valence electrons. The van der Waals surface area contributed by atoms with Gasteiger partial charge in [-0.25, -0.2) is 0 Å². The van der Waals surface area contributed by atoms with Crippen LogP contribution in [0.2, 0.25) is 0 Å². The predicted octanol–water partition coefficient (Wildman–Crippen LogP) is 6.81. The second-order valence-electron chi connectivity index (χ2n) is 8.31. The summed E-state index contributed by atoms with van der Waals surface area (Å²) in [4.78, 5) is 26.0. The fraction of sp³-hybridized carbons (Fsp3) is 0.833. The van der Waals surface area contributed by atoms with Crippen LogP contribution in [0, 0.1) is 5.92 Å². The van der Waals surface area contributed by atoms with E-state index < -0.39 is 0 Å². The Hall–Kier alpha value is -1.12. The first-order valence-electron chi connectivity index (χ1n) is 11.6. The molecule has 2 unspecified atom stereocenters. The summed E-state index contributed by atoms with van der Waals surface area (Å²) in [5.74, 6) is 0.381.